The number of para-hydroxylation sites is 1. The Morgan fingerprint density at radius 2 is 1.80 bits per heavy atom. The van der Waals surface area contributed by atoms with Crippen molar-refractivity contribution in [2.24, 2.45) is 0 Å². The van der Waals surface area contributed by atoms with E-state index in [1.54, 1.807) is 43.5 Å². The lowest BCUT2D eigenvalue weighted by atomic mass is 10.3. The van der Waals surface area contributed by atoms with E-state index in [0.717, 1.165) is 5.75 Å². The van der Waals surface area contributed by atoms with Crippen molar-refractivity contribution in [3.63, 3.8) is 0 Å². The third-order valence-corrected chi connectivity index (χ3v) is 4.10. The van der Waals surface area contributed by atoms with Crippen molar-refractivity contribution in [2.45, 2.75) is 4.90 Å². The van der Waals surface area contributed by atoms with E-state index < -0.39 is 10.8 Å². The second kappa shape index (κ2) is 6.96. The predicted octanol–water partition coefficient (Wildman–Crippen LogP) is 2.46. The highest BCUT2D eigenvalue weighted by Gasteiger charge is 2.09. The molecule has 0 aliphatic carbocycles. The van der Waals surface area contributed by atoms with Gasteiger partial charge in [-0.1, -0.05) is 12.1 Å². The molecule has 20 heavy (non-hydrogen) atoms. The number of methoxy groups -OCH3 is 1. The molecule has 0 heterocycles. The van der Waals surface area contributed by atoms with E-state index in [4.69, 9.17) is 15.2 Å². The minimum atomic E-state index is -1.15. The Balaban J connectivity index is 1.90. The Kier molecular flexibility index (Phi) is 5.01. The summed E-state index contributed by atoms with van der Waals surface area (Å²) in [6.07, 6.45) is 0. The predicted molar refractivity (Wildman–Crippen MR) is 80.6 cm³/mol. The molecule has 5 heteroatoms. The van der Waals surface area contributed by atoms with Crippen molar-refractivity contribution in [1.29, 1.82) is 0 Å². The van der Waals surface area contributed by atoms with E-state index in [1.807, 2.05) is 12.1 Å². The summed E-state index contributed by atoms with van der Waals surface area (Å²) in [5.41, 5.74) is 6.28. The summed E-state index contributed by atoms with van der Waals surface area (Å²) in [5, 5.41) is 0. The number of hydrogen-bond donors (Lipinski definition) is 1. The number of nitrogens with two attached hydrogens (primary N) is 1. The SMILES string of the molecule is COc1ccccc1S(=O)CCOc1ccc(N)cc1. The molecule has 0 spiro atoms. The van der Waals surface area contributed by atoms with Crippen LogP contribution in [-0.2, 0) is 10.8 Å². The van der Waals surface area contributed by atoms with Crippen LogP contribution in [0.15, 0.2) is 53.4 Å². The van der Waals surface area contributed by atoms with Crippen LogP contribution in [0.1, 0.15) is 0 Å². The van der Waals surface area contributed by atoms with Crippen LogP contribution in [0.25, 0.3) is 0 Å². The zero-order valence-electron chi connectivity index (χ0n) is 11.2. The molecule has 2 rings (SSSR count). The van der Waals surface area contributed by atoms with Gasteiger partial charge in [0.2, 0.25) is 0 Å². The number of ether oxygens (including phenoxy) is 2. The molecule has 0 bridgehead atoms. The molecule has 106 valence electrons. The first-order valence-electron chi connectivity index (χ1n) is 6.20. The molecule has 1 unspecified atom stereocenters. The molecule has 0 amide bonds. The van der Waals surface area contributed by atoms with Crippen LogP contribution in [0.5, 0.6) is 11.5 Å². The standard InChI is InChI=1S/C15H17NO3S/c1-18-14-4-2-3-5-15(14)20(17)11-10-19-13-8-6-12(16)7-9-13/h2-9H,10-11,16H2,1H3. The summed E-state index contributed by atoms with van der Waals surface area (Å²) >= 11 is 0. The number of hydrogen-bond acceptors (Lipinski definition) is 4. The Bertz CT molecular complexity index is 584. The summed E-state index contributed by atoms with van der Waals surface area (Å²) in [7, 11) is 0.423. The van der Waals surface area contributed by atoms with E-state index in [0.29, 0.717) is 28.7 Å². The molecule has 0 saturated heterocycles. The molecule has 0 fully saturated rings. The largest absolute Gasteiger partial charge is 0.495 e. The smallest absolute Gasteiger partial charge is 0.134 e. The Hall–Kier alpha value is -2.01. The fourth-order valence-corrected chi connectivity index (χ4v) is 2.78. The summed E-state index contributed by atoms with van der Waals surface area (Å²) in [6, 6.07) is 14.4. The van der Waals surface area contributed by atoms with Crippen LogP contribution in [0.3, 0.4) is 0 Å². The van der Waals surface area contributed by atoms with E-state index >= 15 is 0 Å². The van der Waals surface area contributed by atoms with Gasteiger partial charge in [-0.25, -0.2) is 0 Å². The Morgan fingerprint density at radius 3 is 2.50 bits per heavy atom. The fraction of sp³-hybridized carbons (Fsp3) is 0.200. The maximum atomic E-state index is 12.2. The van der Waals surface area contributed by atoms with Crippen molar-refractivity contribution in [1.82, 2.24) is 0 Å². The van der Waals surface area contributed by atoms with Gasteiger partial charge in [0, 0.05) is 5.69 Å². The van der Waals surface area contributed by atoms with Gasteiger partial charge in [0.05, 0.1) is 28.6 Å². The van der Waals surface area contributed by atoms with E-state index in [9.17, 15) is 4.21 Å². The number of rotatable bonds is 6. The third kappa shape index (κ3) is 3.74. The second-order valence-electron chi connectivity index (χ2n) is 4.12. The quantitative estimate of drug-likeness (QED) is 0.831. The van der Waals surface area contributed by atoms with Gasteiger partial charge in [0.1, 0.15) is 18.1 Å². The Morgan fingerprint density at radius 1 is 1.10 bits per heavy atom. The lowest BCUT2D eigenvalue weighted by Crippen LogP contribution is -2.09. The summed E-state index contributed by atoms with van der Waals surface area (Å²) in [6.45, 7) is 0.370. The number of benzene rings is 2. The van der Waals surface area contributed by atoms with E-state index in [-0.39, 0.29) is 0 Å². The second-order valence-corrected chi connectivity index (χ2v) is 5.66. The van der Waals surface area contributed by atoms with Crippen LogP contribution in [0.4, 0.5) is 5.69 Å². The van der Waals surface area contributed by atoms with Gasteiger partial charge in [-0.05, 0) is 36.4 Å². The normalized spacial score (nSPS) is 11.8. The molecule has 0 aliphatic rings. The zero-order chi connectivity index (χ0) is 14.4. The van der Waals surface area contributed by atoms with Crippen LogP contribution in [0, 0.1) is 0 Å². The average Bonchev–Trinajstić information content (AvgIpc) is 2.49. The highest BCUT2D eigenvalue weighted by molar-refractivity contribution is 7.85. The number of nitrogen functional groups attached to an aromatic ring is 1. The number of anilines is 1. The average molecular weight is 291 g/mol. The topological polar surface area (TPSA) is 61.5 Å². The molecule has 0 saturated carbocycles. The lowest BCUT2D eigenvalue weighted by molar-refractivity contribution is 0.342. The fourth-order valence-electron chi connectivity index (χ4n) is 1.72. The van der Waals surface area contributed by atoms with E-state index in [2.05, 4.69) is 0 Å². The van der Waals surface area contributed by atoms with Crippen molar-refractivity contribution in [2.75, 3.05) is 25.2 Å². The zero-order valence-corrected chi connectivity index (χ0v) is 12.1. The van der Waals surface area contributed by atoms with Crippen LogP contribution in [0.2, 0.25) is 0 Å². The molecule has 2 N–H and O–H groups in total. The van der Waals surface area contributed by atoms with E-state index in [1.165, 1.54) is 0 Å². The molecule has 4 nitrogen and oxygen atoms in total. The van der Waals surface area contributed by atoms with Gasteiger partial charge in [-0.15, -0.1) is 0 Å². The maximum Gasteiger partial charge on any atom is 0.134 e. The van der Waals surface area contributed by atoms with Crippen LogP contribution in [-0.4, -0.2) is 23.7 Å². The lowest BCUT2D eigenvalue weighted by Gasteiger charge is -2.09. The maximum absolute atomic E-state index is 12.2. The van der Waals surface area contributed by atoms with Gasteiger partial charge >= 0.3 is 0 Å². The summed E-state index contributed by atoms with van der Waals surface area (Å²) < 4.78 is 22.9. The summed E-state index contributed by atoms with van der Waals surface area (Å²) in [4.78, 5) is 0.691. The highest BCUT2D eigenvalue weighted by Crippen LogP contribution is 2.21. The van der Waals surface area contributed by atoms with Gasteiger partial charge in [0.25, 0.3) is 0 Å². The van der Waals surface area contributed by atoms with Gasteiger partial charge in [0.15, 0.2) is 0 Å². The molecular formula is C15H17NO3S. The Labute approximate surface area is 121 Å². The molecule has 1 atom stereocenters. The molecular weight excluding hydrogens is 274 g/mol. The molecule has 0 radical (unpaired) electrons. The monoisotopic (exact) mass is 291 g/mol. The van der Waals surface area contributed by atoms with Gasteiger partial charge in [-0.3, -0.25) is 4.21 Å². The first-order valence-corrected chi connectivity index (χ1v) is 7.52. The first kappa shape index (κ1) is 14.4. The third-order valence-electron chi connectivity index (χ3n) is 2.73. The minimum Gasteiger partial charge on any atom is -0.495 e. The van der Waals surface area contributed by atoms with Crippen molar-refractivity contribution in [3.8, 4) is 11.5 Å². The van der Waals surface area contributed by atoms with Crippen molar-refractivity contribution >= 4 is 16.5 Å². The minimum absolute atomic E-state index is 0.370. The molecule has 0 aliphatic heterocycles. The van der Waals surface area contributed by atoms with Crippen LogP contribution < -0.4 is 15.2 Å². The first-order chi connectivity index (χ1) is 9.70. The van der Waals surface area contributed by atoms with Gasteiger partial charge < -0.3 is 15.2 Å². The van der Waals surface area contributed by atoms with Gasteiger partial charge in [-0.2, -0.15) is 0 Å². The van der Waals surface area contributed by atoms with Crippen molar-refractivity contribution < 1.29 is 13.7 Å². The summed E-state index contributed by atoms with van der Waals surface area (Å²) in [5.74, 6) is 1.76. The van der Waals surface area contributed by atoms with Crippen LogP contribution >= 0.6 is 0 Å². The molecule has 2 aromatic rings. The highest BCUT2D eigenvalue weighted by atomic mass is 32.2. The van der Waals surface area contributed by atoms with Crippen molar-refractivity contribution in [3.05, 3.63) is 48.5 Å². The molecule has 2 aromatic carbocycles. The molecule has 0 aromatic heterocycles.